The van der Waals surface area contributed by atoms with Crippen LogP contribution in [-0.4, -0.2) is 19.8 Å². The molecule has 0 aliphatic carbocycles. The van der Waals surface area contributed by atoms with E-state index < -0.39 is 0 Å². The number of rotatable bonds is 6. The zero-order chi connectivity index (χ0) is 12.5. The summed E-state index contributed by atoms with van der Waals surface area (Å²) < 4.78 is 10.6. The average Bonchev–Trinajstić information content (AvgIpc) is 2.37. The van der Waals surface area contributed by atoms with E-state index in [9.17, 15) is 0 Å². The largest absolute Gasteiger partial charge is 0.494 e. The summed E-state index contributed by atoms with van der Waals surface area (Å²) in [5, 5.41) is 8.93. The summed E-state index contributed by atoms with van der Waals surface area (Å²) >= 11 is 0. The van der Waals surface area contributed by atoms with Gasteiger partial charge in [-0.05, 0) is 37.6 Å². The van der Waals surface area contributed by atoms with Crippen molar-refractivity contribution >= 4 is 6.08 Å². The molecular formula is C14H17NO2. The average molecular weight is 231 g/mol. The minimum absolute atomic E-state index is 0.361. The highest BCUT2D eigenvalue weighted by molar-refractivity contribution is 5.57. The molecule has 0 aromatic heterocycles. The fourth-order valence-electron chi connectivity index (χ4n) is 1.35. The first kappa shape index (κ1) is 13.3. The van der Waals surface area contributed by atoms with Gasteiger partial charge in [0, 0.05) is 6.61 Å². The molecule has 17 heavy (non-hydrogen) atoms. The summed E-state index contributed by atoms with van der Waals surface area (Å²) in [6.45, 7) is 5.49. The molecule has 0 N–H and O–H groups in total. The number of benzene rings is 1. The smallest absolute Gasteiger partial charge is 0.119 e. The van der Waals surface area contributed by atoms with Crippen molar-refractivity contribution in [3.05, 3.63) is 35.4 Å². The van der Waals surface area contributed by atoms with Crippen molar-refractivity contribution in [1.82, 2.24) is 0 Å². The van der Waals surface area contributed by atoms with Gasteiger partial charge in [-0.15, -0.1) is 0 Å². The highest BCUT2D eigenvalue weighted by atomic mass is 16.5. The molecule has 90 valence electrons. The third kappa shape index (κ3) is 4.71. The fraction of sp³-hybridized carbons (Fsp3) is 0.357. The summed E-state index contributed by atoms with van der Waals surface area (Å²) in [6, 6.07) is 9.77. The molecule has 0 fully saturated rings. The lowest BCUT2D eigenvalue weighted by Crippen LogP contribution is -1.95. The van der Waals surface area contributed by atoms with Gasteiger partial charge >= 0.3 is 0 Å². The number of nitriles is 1. The second-order valence-electron chi connectivity index (χ2n) is 3.42. The van der Waals surface area contributed by atoms with Crippen LogP contribution in [-0.2, 0) is 4.74 Å². The molecule has 0 radical (unpaired) electrons. The van der Waals surface area contributed by atoms with Crippen molar-refractivity contribution in [2.75, 3.05) is 19.8 Å². The molecule has 0 amide bonds. The van der Waals surface area contributed by atoms with Gasteiger partial charge in [-0.1, -0.05) is 12.1 Å². The minimum atomic E-state index is 0.361. The van der Waals surface area contributed by atoms with E-state index in [2.05, 4.69) is 6.07 Å². The lowest BCUT2D eigenvalue weighted by molar-refractivity contribution is 0.174. The number of hydrogen-bond acceptors (Lipinski definition) is 3. The molecule has 0 saturated carbocycles. The van der Waals surface area contributed by atoms with E-state index >= 15 is 0 Å². The Bertz CT molecular complexity index is 401. The third-order valence-electron chi connectivity index (χ3n) is 2.14. The Morgan fingerprint density at radius 3 is 2.47 bits per heavy atom. The maximum absolute atomic E-state index is 8.93. The molecule has 0 spiro atoms. The molecule has 0 bridgehead atoms. The molecule has 1 aromatic rings. The molecule has 3 heteroatoms. The molecule has 0 aliphatic heterocycles. The van der Waals surface area contributed by atoms with E-state index in [1.165, 1.54) is 0 Å². The quantitative estimate of drug-likeness (QED) is 0.707. The standard InChI is InChI=1S/C14H17NO2/c1-3-16-11-13(10-15)9-12-5-7-14(8-6-12)17-4-2/h5-9H,3-4,11H2,1-2H3/b13-9+. The summed E-state index contributed by atoms with van der Waals surface area (Å²) in [5.74, 6) is 0.841. The summed E-state index contributed by atoms with van der Waals surface area (Å²) in [4.78, 5) is 0. The molecule has 0 atom stereocenters. The van der Waals surface area contributed by atoms with E-state index in [0.29, 0.717) is 25.4 Å². The van der Waals surface area contributed by atoms with Gasteiger partial charge in [0.1, 0.15) is 5.75 Å². The SMILES string of the molecule is CCOC/C(C#N)=C/c1ccc(OCC)cc1. The van der Waals surface area contributed by atoms with E-state index in [-0.39, 0.29) is 0 Å². The van der Waals surface area contributed by atoms with E-state index in [4.69, 9.17) is 14.7 Å². The first-order valence-corrected chi connectivity index (χ1v) is 5.71. The Morgan fingerprint density at radius 1 is 1.24 bits per heavy atom. The van der Waals surface area contributed by atoms with Crippen molar-refractivity contribution in [2.24, 2.45) is 0 Å². The van der Waals surface area contributed by atoms with Gasteiger partial charge < -0.3 is 9.47 Å². The van der Waals surface area contributed by atoms with Crippen LogP contribution >= 0.6 is 0 Å². The monoisotopic (exact) mass is 231 g/mol. The Labute approximate surface area is 102 Å². The van der Waals surface area contributed by atoms with Gasteiger partial charge in [0.15, 0.2) is 0 Å². The first-order chi connectivity index (χ1) is 8.30. The third-order valence-corrected chi connectivity index (χ3v) is 2.14. The lowest BCUT2D eigenvalue weighted by atomic mass is 10.1. The molecule has 0 aliphatic rings. The summed E-state index contributed by atoms with van der Waals surface area (Å²) in [7, 11) is 0. The van der Waals surface area contributed by atoms with Crippen molar-refractivity contribution < 1.29 is 9.47 Å². The zero-order valence-corrected chi connectivity index (χ0v) is 10.3. The van der Waals surface area contributed by atoms with Crippen LogP contribution in [0.15, 0.2) is 29.8 Å². The Morgan fingerprint density at radius 2 is 1.94 bits per heavy atom. The lowest BCUT2D eigenvalue weighted by Gasteiger charge is -2.03. The second-order valence-corrected chi connectivity index (χ2v) is 3.42. The number of hydrogen-bond donors (Lipinski definition) is 0. The molecular weight excluding hydrogens is 214 g/mol. The van der Waals surface area contributed by atoms with Gasteiger partial charge in [-0.25, -0.2) is 0 Å². The van der Waals surface area contributed by atoms with Crippen molar-refractivity contribution in [3.63, 3.8) is 0 Å². The highest BCUT2D eigenvalue weighted by Gasteiger charge is 1.97. The van der Waals surface area contributed by atoms with Crippen LogP contribution in [0, 0.1) is 11.3 Å². The molecule has 0 heterocycles. The van der Waals surface area contributed by atoms with Crippen LogP contribution in [0.3, 0.4) is 0 Å². The second kappa shape index (κ2) is 7.48. The summed E-state index contributed by atoms with van der Waals surface area (Å²) in [5.41, 5.74) is 1.60. The zero-order valence-electron chi connectivity index (χ0n) is 10.3. The van der Waals surface area contributed by atoms with Gasteiger partial charge in [-0.2, -0.15) is 5.26 Å². The van der Waals surface area contributed by atoms with Crippen LogP contribution < -0.4 is 4.74 Å². The van der Waals surface area contributed by atoms with Crippen LogP contribution in [0.4, 0.5) is 0 Å². The van der Waals surface area contributed by atoms with Gasteiger partial charge in [0.25, 0.3) is 0 Å². The topological polar surface area (TPSA) is 42.2 Å². The maximum atomic E-state index is 8.93. The van der Waals surface area contributed by atoms with E-state index in [1.54, 1.807) is 0 Å². The van der Waals surface area contributed by atoms with Crippen LogP contribution in [0.1, 0.15) is 19.4 Å². The van der Waals surface area contributed by atoms with Gasteiger partial charge in [-0.3, -0.25) is 0 Å². The molecule has 0 saturated heterocycles. The van der Waals surface area contributed by atoms with Crippen LogP contribution in [0.2, 0.25) is 0 Å². The Balaban J connectivity index is 2.72. The first-order valence-electron chi connectivity index (χ1n) is 5.71. The highest BCUT2D eigenvalue weighted by Crippen LogP contribution is 2.14. The summed E-state index contributed by atoms with van der Waals surface area (Å²) in [6.07, 6.45) is 1.82. The van der Waals surface area contributed by atoms with Crippen LogP contribution in [0.25, 0.3) is 6.08 Å². The normalized spacial score (nSPS) is 11.0. The van der Waals surface area contributed by atoms with Crippen LogP contribution in [0.5, 0.6) is 5.75 Å². The molecule has 3 nitrogen and oxygen atoms in total. The van der Waals surface area contributed by atoms with Crippen molar-refractivity contribution in [2.45, 2.75) is 13.8 Å². The van der Waals surface area contributed by atoms with Gasteiger partial charge in [0.05, 0.1) is 24.9 Å². The Kier molecular flexibility index (Phi) is 5.84. The molecule has 1 aromatic carbocycles. The molecule has 0 unspecified atom stereocenters. The minimum Gasteiger partial charge on any atom is -0.494 e. The van der Waals surface area contributed by atoms with Crippen molar-refractivity contribution in [3.8, 4) is 11.8 Å². The fourth-order valence-corrected chi connectivity index (χ4v) is 1.35. The maximum Gasteiger partial charge on any atom is 0.119 e. The van der Waals surface area contributed by atoms with E-state index in [0.717, 1.165) is 11.3 Å². The van der Waals surface area contributed by atoms with E-state index in [1.807, 2.05) is 44.2 Å². The van der Waals surface area contributed by atoms with Gasteiger partial charge in [0.2, 0.25) is 0 Å². The number of nitrogens with zero attached hydrogens (tertiary/aromatic N) is 1. The predicted octanol–water partition coefficient (Wildman–Crippen LogP) is 3.03. The number of ether oxygens (including phenoxy) is 2. The molecule has 1 rings (SSSR count). The van der Waals surface area contributed by atoms with Crippen molar-refractivity contribution in [1.29, 1.82) is 5.26 Å². The Hall–Kier alpha value is -1.79. The predicted molar refractivity (Wildman–Crippen MR) is 67.7 cm³/mol.